The topological polar surface area (TPSA) is 72.9 Å². The Kier molecular flexibility index (Phi) is 7.28. The van der Waals surface area contributed by atoms with Gasteiger partial charge in [0.25, 0.3) is 0 Å². The molecule has 0 N–H and O–H groups in total. The number of hydrogen-bond donors (Lipinski definition) is 0. The largest absolute Gasteiger partial charge is 0.490 e. The highest BCUT2D eigenvalue weighted by Crippen LogP contribution is 2.17. The number of benzene rings is 2. The van der Waals surface area contributed by atoms with Crippen LogP contribution in [0.5, 0.6) is 5.75 Å². The highest BCUT2D eigenvalue weighted by atomic mass is 35.5. The van der Waals surface area contributed by atoms with Crippen molar-refractivity contribution < 1.29 is 22.7 Å². The van der Waals surface area contributed by atoms with E-state index >= 15 is 0 Å². The van der Waals surface area contributed by atoms with E-state index in [0.29, 0.717) is 15.8 Å². The van der Waals surface area contributed by atoms with Crippen molar-refractivity contribution in [3.05, 3.63) is 58.6 Å². The fourth-order valence-electron chi connectivity index (χ4n) is 1.94. The lowest BCUT2D eigenvalue weighted by Gasteiger charge is -2.16. The van der Waals surface area contributed by atoms with Gasteiger partial charge in [0, 0.05) is 17.1 Å². The van der Waals surface area contributed by atoms with Crippen molar-refractivity contribution in [2.45, 2.75) is 4.90 Å². The monoisotopic (exact) mass is 417 g/mol. The van der Waals surface area contributed by atoms with Crippen molar-refractivity contribution in [2.24, 2.45) is 0 Å². The summed E-state index contributed by atoms with van der Waals surface area (Å²) in [6.45, 7) is -0.275. The van der Waals surface area contributed by atoms with E-state index in [1.165, 1.54) is 31.3 Å². The third-order valence-corrected chi connectivity index (χ3v) is 5.62. The quantitative estimate of drug-likeness (QED) is 0.486. The van der Waals surface area contributed by atoms with Gasteiger partial charge >= 0.3 is 5.97 Å². The minimum atomic E-state index is -3.80. The van der Waals surface area contributed by atoms with Crippen molar-refractivity contribution in [1.82, 2.24) is 4.31 Å². The first kappa shape index (κ1) is 20.5. The number of likely N-dealkylation sites (N-methyl/N-ethyl adjacent to an activating group) is 1. The summed E-state index contributed by atoms with van der Waals surface area (Å²) in [6, 6.07) is 12.4. The summed E-state index contributed by atoms with van der Waals surface area (Å²) in [5.74, 6) is -0.0855. The minimum Gasteiger partial charge on any atom is -0.490 e. The van der Waals surface area contributed by atoms with Crippen LogP contribution in [0.4, 0.5) is 0 Å². The Balaban J connectivity index is 1.79. The van der Waals surface area contributed by atoms with Gasteiger partial charge in [-0.05, 0) is 48.5 Å². The van der Waals surface area contributed by atoms with Crippen LogP contribution in [0, 0.1) is 0 Å². The molecule has 140 valence electrons. The molecule has 9 heteroatoms. The predicted octanol–water partition coefficient (Wildman–Crippen LogP) is 3.24. The van der Waals surface area contributed by atoms with Crippen molar-refractivity contribution in [1.29, 1.82) is 0 Å². The number of hydrogen-bond acceptors (Lipinski definition) is 5. The van der Waals surface area contributed by atoms with Gasteiger partial charge in [-0.3, -0.25) is 4.79 Å². The van der Waals surface area contributed by atoms with Crippen LogP contribution in [0.3, 0.4) is 0 Å². The summed E-state index contributed by atoms with van der Waals surface area (Å²) in [4.78, 5) is 11.9. The van der Waals surface area contributed by atoms with Gasteiger partial charge in [-0.2, -0.15) is 4.31 Å². The average Bonchev–Trinajstić information content (AvgIpc) is 2.60. The molecule has 0 radical (unpaired) electrons. The first-order valence-corrected chi connectivity index (χ1v) is 9.74. The maximum absolute atomic E-state index is 12.4. The summed E-state index contributed by atoms with van der Waals surface area (Å²) in [5, 5.41) is 1.01. The van der Waals surface area contributed by atoms with Gasteiger partial charge in [0.15, 0.2) is 0 Å². The summed E-state index contributed by atoms with van der Waals surface area (Å²) in [7, 11) is -2.50. The lowest BCUT2D eigenvalue weighted by molar-refractivity contribution is -0.144. The summed E-state index contributed by atoms with van der Waals surface area (Å²) < 4.78 is 36.0. The first-order chi connectivity index (χ1) is 12.3. The maximum Gasteiger partial charge on any atom is 0.321 e. The molecule has 2 rings (SSSR count). The molecule has 2 aromatic carbocycles. The van der Waals surface area contributed by atoms with Crippen LogP contribution in [-0.2, 0) is 19.6 Å². The molecule has 0 aliphatic carbocycles. The van der Waals surface area contributed by atoms with Gasteiger partial charge in [0.2, 0.25) is 10.0 Å². The fourth-order valence-corrected chi connectivity index (χ4v) is 3.31. The van der Waals surface area contributed by atoms with Gasteiger partial charge in [0.1, 0.15) is 25.5 Å². The lowest BCUT2D eigenvalue weighted by Crippen LogP contribution is -2.33. The second-order valence-electron chi connectivity index (χ2n) is 5.24. The maximum atomic E-state index is 12.4. The van der Waals surface area contributed by atoms with E-state index in [9.17, 15) is 13.2 Å². The Bertz CT molecular complexity index is 838. The van der Waals surface area contributed by atoms with E-state index in [0.717, 1.165) is 4.31 Å². The van der Waals surface area contributed by atoms with Crippen molar-refractivity contribution in [2.75, 3.05) is 26.8 Å². The smallest absolute Gasteiger partial charge is 0.321 e. The average molecular weight is 418 g/mol. The number of carbonyl (C=O) groups is 1. The Morgan fingerprint density at radius 2 is 1.50 bits per heavy atom. The molecule has 0 saturated carbocycles. The highest BCUT2D eigenvalue weighted by Gasteiger charge is 2.23. The zero-order valence-electron chi connectivity index (χ0n) is 13.9. The Labute approximate surface area is 162 Å². The molecular weight excluding hydrogens is 401 g/mol. The Morgan fingerprint density at radius 1 is 0.962 bits per heavy atom. The highest BCUT2D eigenvalue weighted by molar-refractivity contribution is 7.89. The van der Waals surface area contributed by atoms with E-state index in [-0.39, 0.29) is 18.1 Å². The van der Waals surface area contributed by atoms with Crippen LogP contribution >= 0.6 is 23.2 Å². The van der Waals surface area contributed by atoms with E-state index in [4.69, 9.17) is 32.7 Å². The molecule has 0 aliphatic heterocycles. The summed E-state index contributed by atoms with van der Waals surface area (Å²) in [5.41, 5.74) is 0. The molecule has 0 fully saturated rings. The number of esters is 1. The molecule has 26 heavy (non-hydrogen) atoms. The molecule has 0 heterocycles. The van der Waals surface area contributed by atoms with Crippen LogP contribution < -0.4 is 4.74 Å². The van der Waals surface area contributed by atoms with E-state index in [2.05, 4.69) is 0 Å². The van der Waals surface area contributed by atoms with Gasteiger partial charge in [-0.25, -0.2) is 8.42 Å². The van der Waals surface area contributed by atoms with Crippen molar-refractivity contribution >= 4 is 39.2 Å². The number of ether oxygens (including phenoxy) is 2. The van der Waals surface area contributed by atoms with Gasteiger partial charge < -0.3 is 9.47 Å². The Hall–Kier alpha value is -1.80. The van der Waals surface area contributed by atoms with Crippen molar-refractivity contribution in [3.63, 3.8) is 0 Å². The lowest BCUT2D eigenvalue weighted by atomic mass is 10.3. The van der Waals surface area contributed by atoms with Crippen LogP contribution in [0.25, 0.3) is 0 Å². The molecule has 0 unspecified atom stereocenters. The van der Waals surface area contributed by atoms with Gasteiger partial charge in [0.05, 0.1) is 4.90 Å². The van der Waals surface area contributed by atoms with Crippen LogP contribution in [0.1, 0.15) is 0 Å². The number of halogens is 2. The number of rotatable bonds is 8. The Morgan fingerprint density at radius 3 is 2.08 bits per heavy atom. The summed E-state index contributed by atoms with van der Waals surface area (Å²) in [6.07, 6.45) is 0. The molecule has 0 bridgehead atoms. The van der Waals surface area contributed by atoms with Crippen LogP contribution in [-0.4, -0.2) is 45.5 Å². The molecule has 0 aliphatic rings. The molecule has 0 spiro atoms. The second kappa shape index (κ2) is 9.23. The zero-order valence-corrected chi connectivity index (χ0v) is 16.2. The number of nitrogens with zero attached hydrogens (tertiary/aromatic N) is 1. The molecular formula is C17H17Cl2NO5S. The van der Waals surface area contributed by atoms with Gasteiger partial charge in [-0.1, -0.05) is 23.2 Å². The standard InChI is InChI=1S/C17H17Cl2NO5S/c1-20(26(22,23)16-8-4-14(19)5-9-16)12-17(21)25-11-10-24-15-6-2-13(18)3-7-15/h2-9H,10-12H2,1H3. The third kappa shape index (κ3) is 5.88. The SMILES string of the molecule is CN(CC(=O)OCCOc1ccc(Cl)cc1)S(=O)(=O)c1ccc(Cl)cc1. The predicted molar refractivity (Wildman–Crippen MR) is 99.2 cm³/mol. The van der Waals surface area contributed by atoms with Gasteiger partial charge in [-0.15, -0.1) is 0 Å². The molecule has 0 aromatic heterocycles. The molecule has 2 aromatic rings. The van der Waals surface area contributed by atoms with E-state index in [1.54, 1.807) is 24.3 Å². The second-order valence-corrected chi connectivity index (χ2v) is 8.16. The fraction of sp³-hybridized carbons (Fsp3) is 0.235. The molecule has 0 saturated heterocycles. The number of carbonyl (C=O) groups excluding carboxylic acids is 1. The van der Waals surface area contributed by atoms with E-state index in [1.807, 2.05) is 0 Å². The normalized spacial score (nSPS) is 11.4. The molecule has 0 atom stereocenters. The zero-order chi connectivity index (χ0) is 19.2. The molecule has 6 nitrogen and oxygen atoms in total. The summed E-state index contributed by atoms with van der Waals surface area (Å²) >= 11 is 11.5. The first-order valence-electron chi connectivity index (χ1n) is 7.55. The van der Waals surface area contributed by atoms with E-state index < -0.39 is 22.5 Å². The van der Waals surface area contributed by atoms with Crippen LogP contribution in [0.15, 0.2) is 53.4 Å². The van der Waals surface area contributed by atoms with Crippen LogP contribution in [0.2, 0.25) is 10.0 Å². The molecule has 0 amide bonds. The number of sulfonamides is 1. The third-order valence-electron chi connectivity index (χ3n) is 3.30. The minimum absolute atomic E-state index is 0.00368. The van der Waals surface area contributed by atoms with Crippen molar-refractivity contribution in [3.8, 4) is 5.75 Å².